The molecule has 1 aromatic carbocycles. The molecule has 10 heteroatoms. The number of benzene rings is 1. The molecule has 3 aromatic rings. The standard InChI is InChI=1S/C18H19N5O3S2/c1-23-10-13(9-20-23)18-21-16(11-27-18)17(24)19-8-12-2-6-15(7-3-12)28(25,26)22-14-4-5-14/h2-3,6-7,9-11,14,22H,4-5,8H2,1H3,(H,19,24). The predicted molar refractivity (Wildman–Crippen MR) is 105 cm³/mol. The van der Waals surface area contributed by atoms with Gasteiger partial charge in [0.05, 0.1) is 11.1 Å². The summed E-state index contributed by atoms with van der Waals surface area (Å²) >= 11 is 1.38. The molecular formula is C18H19N5O3S2. The summed E-state index contributed by atoms with van der Waals surface area (Å²) in [5.41, 5.74) is 2.02. The van der Waals surface area contributed by atoms with Crippen molar-refractivity contribution in [2.24, 2.45) is 7.05 Å². The van der Waals surface area contributed by atoms with Crippen molar-refractivity contribution in [3.8, 4) is 10.6 Å². The van der Waals surface area contributed by atoms with Gasteiger partial charge in [0.1, 0.15) is 10.7 Å². The van der Waals surface area contributed by atoms with Gasteiger partial charge in [0.2, 0.25) is 10.0 Å². The number of carbonyl (C=O) groups excluding carboxylic acids is 1. The number of thiazole rings is 1. The fourth-order valence-electron chi connectivity index (χ4n) is 2.59. The number of aromatic nitrogens is 3. The number of amides is 1. The molecule has 1 fully saturated rings. The summed E-state index contributed by atoms with van der Waals surface area (Å²) in [5.74, 6) is -0.279. The molecular weight excluding hydrogens is 398 g/mol. The number of sulfonamides is 1. The molecule has 0 unspecified atom stereocenters. The zero-order chi connectivity index (χ0) is 19.7. The lowest BCUT2D eigenvalue weighted by Gasteiger charge is -2.07. The third-order valence-electron chi connectivity index (χ3n) is 4.27. The second-order valence-electron chi connectivity index (χ2n) is 6.66. The molecule has 0 radical (unpaired) electrons. The average molecular weight is 418 g/mol. The first-order chi connectivity index (χ1) is 13.4. The largest absolute Gasteiger partial charge is 0.347 e. The van der Waals surface area contributed by atoms with Crippen LogP contribution >= 0.6 is 11.3 Å². The summed E-state index contributed by atoms with van der Waals surface area (Å²) in [6.45, 7) is 0.287. The van der Waals surface area contributed by atoms with Crippen LogP contribution in [0.3, 0.4) is 0 Å². The van der Waals surface area contributed by atoms with E-state index in [9.17, 15) is 13.2 Å². The van der Waals surface area contributed by atoms with E-state index in [1.54, 1.807) is 40.5 Å². The summed E-state index contributed by atoms with van der Waals surface area (Å²) in [5, 5.41) is 9.34. The topological polar surface area (TPSA) is 106 Å². The fourth-order valence-corrected chi connectivity index (χ4v) is 4.67. The normalized spacial score (nSPS) is 14.2. The molecule has 0 bridgehead atoms. The van der Waals surface area contributed by atoms with Gasteiger partial charge in [-0.25, -0.2) is 18.1 Å². The average Bonchev–Trinajstić information content (AvgIpc) is 3.16. The smallest absolute Gasteiger partial charge is 0.271 e. The van der Waals surface area contributed by atoms with Crippen LogP contribution in [-0.2, 0) is 23.6 Å². The maximum Gasteiger partial charge on any atom is 0.271 e. The lowest BCUT2D eigenvalue weighted by atomic mass is 10.2. The fraction of sp³-hybridized carbons (Fsp3) is 0.278. The van der Waals surface area contributed by atoms with Gasteiger partial charge in [-0.2, -0.15) is 5.10 Å². The number of hydrogen-bond donors (Lipinski definition) is 2. The minimum absolute atomic E-state index is 0.0682. The summed E-state index contributed by atoms with van der Waals surface area (Å²) in [6, 6.07) is 6.57. The summed E-state index contributed by atoms with van der Waals surface area (Å²) in [7, 11) is -1.64. The van der Waals surface area contributed by atoms with Crippen LogP contribution in [-0.4, -0.2) is 35.1 Å². The molecule has 2 aromatic heterocycles. The Morgan fingerprint density at radius 2 is 2.04 bits per heavy atom. The van der Waals surface area contributed by atoms with Gasteiger partial charge in [0.15, 0.2) is 0 Å². The number of rotatable bonds is 7. The van der Waals surface area contributed by atoms with E-state index < -0.39 is 10.0 Å². The van der Waals surface area contributed by atoms with Crippen LogP contribution in [0, 0.1) is 0 Å². The van der Waals surface area contributed by atoms with Gasteiger partial charge in [-0.3, -0.25) is 9.48 Å². The molecule has 4 rings (SSSR count). The van der Waals surface area contributed by atoms with Gasteiger partial charge in [-0.1, -0.05) is 12.1 Å². The third-order valence-corrected chi connectivity index (χ3v) is 6.70. The van der Waals surface area contributed by atoms with E-state index in [1.807, 2.05) is 13.2 Å². The number of carbonyl (C=O) groups is 1. The zero-order valence-corrected chi connectivity index (χ0v) is 16.8. The molecule has 0 atom stereocenters. The van der Waals surface area contributed by atoms with Crippen LogP contribution in [0.5, 0.6) is 0 Å². The van der Waals surface area contributed by atoms with E-state index in [0.717, 1.165) is 29.0 Å². The summed E-state index contributed by atoms with van der Waals surface area (Å²) < 4.78 is 28.7. The van der Waals surface area contributed by atoms with Crippen LogP contribution in [0.2, 0.25) is 0 Å². The second kappa shape index (κ2) is 7.46. The van der Waals surface area contributed by atoms with Crippen molar-refractivity contribution in [2.75, 3.05) is 0 Å². The summed E-state index contributed by atoms with van der Waals surface area (Å²) in [6.07, 6.45) is 5.33. The Bertz CT molecular complexity index is 1100. The van der Waals surface area contributed by atoms with Crippen LogP contribution in [0.25, 0.3) is 10.6 Å². The van der Waals surface area contributed by atoms with Gasteiger partial charge in [-0.05, 0) is 30.5 Å². The van der Waals surface area contributed by atoms with E-state index in [4.69, 9.17) is 0 Å². The lowest BCUT2D eigenvalue weighted by molar-refractivity contribution is 0.0946. The van der Waals surface area contributed by atoms with Crippen LogP contribution < -0.4 is 10.0 Å². The highest BCUT2D eigenvalue weighted by Gasteiger charge is 2.27. The molecule has 2 heterocycles. The Labute approximate surface area is 166 Å². The number of aryl methyl sites for hydroxylation is 1. The van der Waals surface area contributed by atoms with Crippen molar-refractivity contribution in [1.29, 1.82) is 0 Å². The van der Waals surface area contributed by atoms with Crippen LogP contribution in [0.4, 0.5) is 0 Å². The number of nitrogens with one attached hydrogen (secondary N) is 2. The predicted octanol–water partition coefficient (Wildman–Crippen LogP) is 1.91. The Hall–Kier alpha value is -2.56. The molecule has 0 saturated heterocycles. The van der Waals surface area contributed by atoms with Crippen LogP contribution in [0.1, 0.15) is 28.9 Å². The molecule has 1 aliphatic rings. The molecule has 1 saturated carbocycles. The minimum Gasteiger partial charge on any atom is -0.347 e. The molecule has 0 spiro atoms. The van der Waals surface area contributed by atoms with E-state index in [2.05, 4.69) is 20.1 Å². The van der Waals surface area contributed by atoms with E-state index >= 15 is 0 Å². The highest BCUT2D eigenvalue weighted by atomic mass is 32.2. The van der Waals surface area contributed by atoms with Gasteiger partial charge >= 0.3 is 0 Å². The van der Waals surface area contributed by atoms with Crippen molar-refractivity contribution < 1.29 is 13.2 Å². The zero-order valence-electron chi connectivity index (χ0n) is 15.1. The van der Waals surface area contributed by atoms with Gasteiger partial charge in [0, 0.05) is 36.8 Å². The second-order valence-corrected chi connectivity index (χ2v) is 9.23. The van der Waals surface area contributed by atoms with Crippen molar-refractivity contribution in [1.82, 2.24) is 24.8 Å². The van der Waals surface area contributed by atoms with Gasteiger partial charge in [0.25, 0.3) is 5.91 Å². The van der Waals surface area contributed by atoms with Gasteiger partial charge in [-0.15, -0.1) is 11.3 Å². The number of hydrogen-bond acceptors (Lipinski definition) is 6. The SMILES string of the molecule is Cn1cc(-c2nc(C(=O)NCc3ccc(S(=O)(=O)NC4CC4)cc3)cs2)cn1. The number of nitrogens with zero attached hydrogens (tertiary/aromatic N) is 3. The first-order valence-corrected chi connectivity index (χ1v) is 11.1. The van der Waals surface area contributed by atoms with Crippen molar-refractivity contribution in [3.63, 3.8) is 0 Å². The molecule has 146 valence electrons. The lowest BCUT2D eigenvalue weighted by Crippen LogP contribution is -2.26. The summed E-state index contributed by atoms with van der Waals surface area (Å²) in [4.78, 5) is 16.9. The molecule has 1 aliphatic carbocycles. The molecule has 0 aliphatic heterocycles. The van der Waals surface area contributed by atoms with Crippen LogP contribution in [0.15, 0.2) is 46.9 Å². The highest BCUT2D eigenvalue weighted by molar-refractivity contribution is 7.89. The maximum atomic E-state index is 12.3. The van der Waals surface area contributed by atoms with Crippen molar-refractivity contribution in [2.45, 2.75) is 30.3 Å². The molecule has 2 N–H and O–H groups in total. The molecule has 1 amide bonds. The Morgan fingerprint density at radius 1 is 1.29 bits per heavy atom. The highest BCUT2D eigenvalue weighted by Crippen LogP contribution is 2.23. The minimum atomic E-state index is -3.46. The Kier molecular flexibility index (Phi) is 5.00. The third kappa shape index (κ3) is 4.29. The van der Waals surface area contributed by atoms with Crippen molar-refractivity contribution in [3.05, 3.63) is 53.3 Å². The Balaban J connectivity index is 1.36. The molecule has 8 nitrogen and oxygen atoms in total. The quantitative estimate of drug-likeness (QED) is 0.611. The maximum absolute atomic E-state index is 12.3. The van der Waals surface area contributed by atoms with Gasteiger partial charge < -0.3 is 5.32 Å². The van der Waals surface area contributed by atoms with E-state index in [0.29, 0.717) is 5.69 Å². The van der Waals surface area contributed by atoms with E-state index in [1.165, 1.54) is 11.3 Å². The Morgan fingerprint density at radius 3 is 2.68 bits per heavy atom. The monoisotopic (exact) mass is 417 g/mol. The first kappa shape index (κ1) is 18.8. The van der Waals surface area contributed by atoms with Crippen molar-refractivity contribution >= 4 is 27.3 Å². The van der Waals surface area contributed by atoms with E-state index in [-0.39, 0.29) is 23.4 Å². The first-order valence-electron chi connectivity index (χ1n) is 8.75. The molecule has 28 heavy (non-hydrogen) atoms.